The fraction of sp³-hybridized carbons (Fsp3) is 1.00. The molecule has 0 radical (unpaired) electrons. The largest absolute Gasteiger partial charge is 0.396 e. The van der Waals surface area contributed by atoms with Crippen LogP contribution in [0.5, 0.6) is 0 Å². The lowest BCUT2D eigenvalue weighted by Gasteiger charge is -2.03. The first kappa shape index (κ1) is 18.2. The van der Waals surface area contributed by atoms with E-state index in [0.717, 1.165) is 19.3 Å². The molecule has 100 valence electrons. The Bertz CT molecular complexity index is 119. The minimum Gasteiger partial charge on any atom is -0.396 e. The number of hydrogen-bond donors (Lipinski definition) is 5. The van der Waals surface area contributed by atoms with E-state index in [2.05, 4.69) is 0 Å². The first-order valence-corrected chi connectivity index (χ1v) is 5.84. The van der Waals surface area contributed by atoms with E-state index in [0.29, 0.717) is 19.3 Å². The molecule has 0 aromatic carbocycles. The second-order valence-corrected chi connectivity index (χ2v) is 3.68. The summed E-state index contributed by atoms with van der Waals surface area (Å²) in [5.41, 5.74) is 0. The van der Waals surface area contributed by atoms with E-state index in [1.807, 2.05) is 6.92 Å². The van der Waals surface area contributed by atoms with E-state index in [1.165, 1.54) is 0 Å². The maximum Gasteiger partial charge on any atom is 0.151 e. The third-order valence-corrected chi connectivity index (χ3v) is 1.97. The van der Waals surface area contributed by atoms with Crippen molar-refractivity contribution in [2.24, 2.45) is 0 Å². The molecule has 16 heavy (non-hydrogen) atoms. The molecule has 5 heteroatoms. The number of hydrogen-bond acceptors (Lipinski definition) is 5. The highest BCUT2D eigenvalue weighted by molar-refractivity contribution is 4.51. The lowest BCUT2D eigenvalue weighted by atomic mass is 10.2. The zero-order chi connectivity index (χ0) is 12.8. The third-order valence-electron chi connectivity index (χ3n) is 1.97. The fourth-order valence-electron chi connectivity index (χ4n) is 0.970. The first-order valence-electron chi connectivity index (χ1n) is 5.84. The Kier molecular flexibility index (Phi) is 16.8. The highest BCUT2D eigenvalue weighted by atomic mass is 16.5. The van der Waals surface area contributed by atoms with Crippen LogP contribution < -0.4 is 0 Å². The summed E-state index contributed by atoms with van der Waals surface area (Å²) in [6.45, 7) is 2.01. The first-order chi connectivity index (χ1) is 7.58. The van der Waals surface area contributed by atoms with Crippen LogP contribution in [0.4, 0.5) is 0 Å². The van der Waals surface area contributed by atoms with Gasteiger partial charge in [-0.25, -0.2) is 0 Å². The Labute approximate surface area is 97.4 Å². The SMILES string of the molecule is CCCCC(O)O.OCCCCC(O)CO. The van der Waals surface area contributed by atoms with E-state index >= 15 is 0 Å². The fourth-order valence-corrected chi connectivity index (χ4v) is 0.970. The second-order valence-electron chi connectivity index (χ2n) is 3.68. The van der Waals surface area contributed by atoms with E-state index in [9.17, 15) is 0 Å². The lowest BCUT2D eigenvalue weighted by Crippen LogP contribution is -2.11. The number of rotatable bonds is 8. The molecule has 0 bridgehead atoms. The molecule has 0 amide bonds. The second kappa shape index (κ2) is 14.8. The Morgan fingerprint density at radius 1 is 0.875 bits per heavy atom. The Hall–Kier alpha value is -0.200. The van der Waals surface area contributed by atoms with E-state index in [1.54, 1.807) is 0 Å². The van der Waals surface area contributed by atoms with Gasteiger partial charge < -0.3 is 25.5 Å². The van der Waals surface area contributed by atoms with Gasteiger partial charge in [-0.15, -0.1) is 0 Å². The molecule has 1 unspecified atom stereocenters. The number of aliphatic hydroxyl groups excluding tert-OH is 4. The van der Waals surface area contributed by atoms with Crippen LogP contribution in [0.2, 0.25) is 0 Å². The lowest BCUT2D eigenvalue weighted by molar-refractivity contribution is -0.0463. The van der Waals surface area contributed by atoms with E-state index in [4.69, 9.17) is 25.5 Å². The number of unbranched alkanes of at least 4 members (excludes halogenated alkanes) is 2. The van der Waals surface area contributed by atoms with Crippen LogP contribution >= 0.6 is 0 Å². The summed E-state index contributed by atoms with van der Waals surface area (Å²) in [6.07, 6.45) is 2.80. The van der Waals surface area contributed by atoms with Gasteiger partial charge in [0.15, 0.2) is 6.29 Å². The molecule has 0 aliphatic carbocycles. The summed E-state index contributed by atoms with van der Waals surface area (Å²) >= 11 is 0. The van der Waals surface area contributed by atoms with Gasteiger partial charge in [0.25, 0.3) is 0 Å². The standard InChI is InChI=1S/C6H14O3.C5H12O2/c7-4-2-1-3-6(9)5-8;1-2-3-4-5(6)7/h6-9H,1-5H2;5-7H,2-4H2,1H3. The van der Waals surface area contributed by atoms with Crippen molar-refractivity contribution in [1.29, 1.82) is 0 Å². The molecule has 0 aliphatic heterocycles. The Balaban J connectivity index is 0. The van der Waals surface area contributed by atoms with Crippen LogP contribution in [0.1, 0.15) is 45.4 Å². The summed E-state index contributed by atoms with van der Waals surface area (Å²) in [5, 5.41) is 41.9. The highest BCUT2D eigenvalue weighted by Gasteiger charge is 1.99. The van der Waals surface area contributed by atoms with E-state index in [-0.39, 0.29) is 13.2 Å². The molecule has 5 nitrogen and oxygen atoms in total. The summed E-state index contributed by atoms with van der Waals surface area (Å²) in [5.74, 6) is 0. The molecule has 0 aromatic rings. The van der Waals surface area contributed by atoms with Crippen LogP contribution in [-0.4, -0.2) is 51.1 Å². The summed E-state index contributed by atoms with van der Waals surface area (Å²) in [4.78, 5) is 0. The molecule has 5 N–H and O–H groups in total. The van der Waals surface area contributed by atoms with Crippen LogP contribution in [0.3, 0.4) is 0 Å². The molecule has 0 fully saturated rings. The highest BCUT2D eigenvalue weighted by Crippen LogP contribution is 1.98. The van der Waals surface area contributed by atoms with Crippen molar-refractivity contribution < 1.29 is 25.5 Å². The minimum absolute atomic E-state index is 0.165. The normalized spacial score (nSPS) is 12.2. The molecular weight excluding hydrogens is 212 g/mol. The van der Waals surface area contributed by atoms with Gasteiger partial charge in [0.05, 0.1) is 12.7 Å². The zero-order valence-corrected chi connectivity index (χ0v) is 10.0. The van der Waals surface area contributed by atoms with Gasteiger partial charge in [-0.3, -0.25) is 0 Å². The molecule has 0 heterocycles. The van der Waals surface area contributed by atoms with Crippen LogP contribution in [0.15, 0.2) is 0 Å². The van der Waals surface area contributed by atoms with Gasteiger partial charge in [-0.05, 0) is 32.1 Å². The van der Waals surface area contributed by atoms with Crippen molar-refractivity contribution in [2.45, 2.75) is 57.8 Å². The van der Waals surface area contributed by atoms with Gasteiger partial charge >= 0.3 is 0 Å². The van der Waals surface area contributed by atoms with Crippen LogP contribution in [0.25, 0.3) is 0 Å². The summed E-state index contributed by atoms with van der Waals surface area (Å²) < 4.78 is 0. The topological polar surface area (TPSA) is 101 Å². The third kappa shape index (κ3) is 19.4. The van der Waals surface area contributed by atoms with Crippen molar-refractivity contribution in [3.63, 3.8) is 0 Å². The molecule has 0 saturated carbocycles. The van der Waals surface area contributed by atoms with Gasteiger partial charge in [0.1, 0.15) is 0 Å². The summed E-state index contributed by atoms with van der Waals surface area (Å²) in [6, 6.07) is 0. The predicted molar refractivity (Wildman–Crippen MR) is 61.8 cm³/mol. The molecule has 0 spiro atoms. The van der Waals surface area contributed by atoms with Gasteiger partial charge in [0.2, 0.25) is 0 Å². The molecule has 1 atom stereocenters. The van der Waals surface area contributed by atoms with E-state index < -0.39 is 12.4 Å². The maximum absolute atomic E-state index is 8.75. The predicted octanol–water partition coefficient (Wildman–Crippen LogP) is -0.0105. The molecule has 0 rings (SSSR count). The Morgan fingerprint density at radius 2 is 1.50 bits per heavy atom. The van der Waals surface area contributed by atoms with Crippen molar-refractivity contribution in [1.82, 2.24) is 0 Å². The van der Waals surface area contributed by atoms with Gasteiger partial charge in [0, 0.05) is 6.61 Å². The van der Waals surface area contributed by atoms with Crippen molar-refractivity contribution in [2.75, 3.05) is 13.2 Å². The molecule has 0 saturated heterocycles. The summed E-state index contributed by atoms with van der Waals surface area (Å²) in [7, 11) is 0. The average Bonchev–Trinajstić information content (AvgIpc) is 2.27. The maximum atomic E-state index is 8.75. The van der Waals surface area contributed by atoms with Crippen LogP contribution in [0, 0.1) is 0 Å². The van der Waals surface area contributed by atoms with Crippen molar-refractivity contribution in [3.8, 4) is 0 Å². The number of aliphatic hydroxyl groups is 5. The average molecular weight is 238 g/mol. The van der Waals surface area contributed by atoms with Crippen molar-refractivity contribution in [3.05, 3.63) is 0 Å². The van der Waals surface area contributed by atoms with Gasteiger partial charge in [-0.2, -0.15) is 0 Å². The Morgan fingerprint density at radius 3 is 1.81 bits per heavy atom. The van der Waals surface area contributed by atoms with Crippen molar-refractivity contribution >= 4 is 0 Å². The smallest absolute Gasteiger partial charge is 0.151 e. The minimum atomic E-state index is -1.10. The molecular formula is C11H26O5. The molecule has 0 aliphatic rings. The zero-order valence-electron chi connectivity index (χ0n) is 10.0. The monoisotopic (exact) mass is 238 g/mol. The van der Waals surface area contributed by atoms with Crippen LogP contribution in [-0.2, 0) is 0 Å². The molecule has 0 aromatic heterocycles. The quantitative estimate of drug-likeness (QED) is 0.302. The van der Waals surface area contributed by atoms with Gasteiger partial charge in [-0.1, -0.05) is 13.3 Å².